The maximum atomic E-state index is 12.9. The normalized spacial score (nSPS) is 11.8. The van der Waals surface area contributed by atoms with E-state index in [1.807, 2.05) is 37.3 Å². The van der Waals surface area contributed by atoms with Crippen molar-refractivity contribution in [1.82, 2.24) is 20.0 Å². The summed E-state index contributed by atoms with van der Waals surface area (Å²) in [5.74, 6) is 0. The second-order valence-corrected chi connectivity index (χ2v) is 5.86. The maximum Gasteiger partial charge on any atom is 0.416 e. The third-order valence-corrected chi connectivity index (χ3v) is 4.22. The summed E-state index contributed by atoms with van der Waals surface area (Å²) in [5.41, 5.74) is 2.61. The molecule has 4 rings (SSSR count). The van der Waals surface area contributed by atoms with E-state index in [2.05, 4.69) is 15.3 Å². The molecule has 0 saturated carbocycles. The average Bonchev–Trinajstić information content (AvgIpc) is 3.02. The molecule has 0 fully saturated rings. The van der Waals surface area contributed by atoms with Gasteiger partial charge in [0.25, 0.3) is 0 Å². The molecule has 0 bridgehead atoms. The van der Waals surface area contributed by atoms with Crippen molar-refractivity contribution in [3.8, 4) is 16.9 Å². The molecule has 0 aliphatic carbocycles. The molecule has 2 aromatic heterocycles. The number of hydrogen-bond acceptors (Lipinski definition) is 3. The van der Waals surface area contributed by atoms with E-state index < -0.39 is 11.7 Å². The van der Waals surface area contributed by atoms with Gasteiger partial charge in [-0.15, -0.1) is 5.10 Å². The Balaban J connectivity index is 1.87. The van der Waals surface area contributed by atoms with Crippen LogP contribution in [0, 0.1) is 6.92 Å². The first-order valence-electron chi connectivity index (χ1n) is 7.89. The highest BCUT2D eigenvalue weighted by Gasteiger charge is 2.30. The highest BCUT2D eigenvalue weighted by Crippen LogP contribution is 2.32. The number of rotatable bonds is 2. The van der Waals surface area contributed by atoms with E-state index in [-0.39, 0.29) is 5.52 Å². The third kappa shape index (κ3) is 2.71. The molecule has 0 radical (unpaired) electrons. The summed E-state index contributed by atoms with van der Waals surface area (Å²) >= 11 is 0. The summed E-state index contributed by atoms with van der Waals surface area (Å²) in [6, 6.07) is 14.8. The van der Waals surface area contributed by atoms with Gasteiger partial charge >= 0.3 is 6.18 Å². The van der Waals surface area contributed by atoms with Crippen LogP contribution < -0.4 is 0 Å². The monoisotopic (exact) mass is 354 g/mol. The zero-order chi connectivity index (χ0) is 18.3. The minimum absolute atomic E-state index is 0.258. The predicted octanol–water partition coefficient (Wildman–Crippen LogP) is 4.81. The van der Waals surface area contributed by atoms with Crippen molar-refractivity contribution in [2.75, 3.05) is 0 Å². The first-order chi connectivity index (χ1) is 12.4. The summed E-state index contributed by atoms with van der Waals surface area (Å²) in [6.07, 6.45) is -2.93. The van der Waals surface area contributed by atoms with E-state index in [1.54, 1.807) is 10.7 Å². The molecule has 0 N–H and O–H groups in total. The zero-order valence-corrected chi connectivity index (χ0v) is 13.7. The first kappa shape index (κ1) is 16.3. The van der Waals surface area contributed by atoms with E-state index in [4.69, 9.17) is 0 Å². The molecule has 0 amide bonds. The van der Waals surface area contributed by atoms with Crippen molar-refractivity contribution in [1.29, 1.82) is 0 Å². The Morgan fingerprint density at radius 1 is 0.962 bits per heavy atom. The van der Waals surface area contributed by atoms with Gasteiger partial charge in [0.1, 0.15) is 5.69 Å². The second kappa shape index (κ2) is 5.94. The summed E-state index contributed by atoms with van der Waals surface area (Å²) in [7, 11) is 0. The SMILES string of the molecule is Cc1c(-c2ccccc2)nnn1-c1ccnc2cc(C(F)(F)F)ccc12. The van der Waals surface area contributed by atoms with E-state index in [9.17, 15) is 13.2 Å². The Morgan fingerprint density at radius 2 is 1.73 bits per heavy atom. The lowest BCUT2D eigenvalue weighted by Crippen LogP contribution is -2.06. The van der Waals surface area contributed by atoms with Crippen molar-refractivity contribution in [3.63, 3.8) is 0 Å². The predicted molar refractivity (Wildman–Crippen MR) is 91.8 cm³/mol. The molecule has 0 aliphatic rings. The summed E-state index contributed by atoms with van der Waals surface area (Å²) in [4.78, 5) is 4.07. The second-order valence-electron chi connectivity index (χ2n) is 5.86. The van der Waals surface area contributed by atoms with Gasteiger partial charge in [0, 0.05) is 17.1 Å². The van der Waals surface area contributed by atoms with Gasteiger partial charge in [-0.25, -0.2) is 4.68 Å². The lowest BCUT2D eigenvalue weighted by Gasteiger charge is -2.10. The molecular formula is C19H13F3N4. The van der Waals surface area contributed by atoms with Crippen molar-refractivity contribution in [2.24, 2.45) is 0 Å². The van der Waals surface area contributed by atoms with E-state index in [0.717, 1.165) is 29.1 Å². The quantitative estimate of drug-likeness (QED) is 0.519. The van der Waals surface area contributed by atoms with Gasteiger partial charge in [-0.05, 0) is 25.1 Å². The van der Waals surface area contributed by atoms with Crippen molar-refractivity contribution in [3.05, 3.63) is 72.1 Å². The molecule has 2 aromatic carbocycles. The standard InChI is InChI=1S/C19H13F3N4/c1-12-18(13-5-3-2-4-6-13)24-25-26(12)17-9-10-23-16-11-14(19(20,21)22)7-8-15(16)17/h2-11H,1H3. The summed E-state index contributed by atoms with van der Waals surface area (Å²) < 4.78 is 40.4. The van der Waals surface area contributed by atoms with E-state index >= 15 is 0 Å². The molecule has 2 heterocycles. The topological polar surface area (TPSA) is 43.6 Å². The van der Waals surface area contributed by atoms with Gasteiger partial charge in [0.2, 0.25) is 0 Å². The molecule has 4 aromatic rings. The highest BCUT2D eigenvalue weighted by molar-refractivity contribution is 5.87. The molecular weight excluding hydrogens is 341 g/mol. The van der Waals surface area contributed by atoms with Crippen molar-refractivity contribution in [2.45, 2.75) is 13.1 Å². The highest BCUT2D eigenvalue weighted by atomic mass is 19.4. The van der Waals surface area contributed by atoms with Crippen molar-refractivity contribution < 1.29 is 13.2 Å². The molecule has 0 unspecified atom stereocenters. The van der Waals surface area contributed by atoms with Crippen LogP contribution in [-0.4, -0.2) is 20.0 Å². The number of halogens is 3. The fraction of sp³-hybridized carbons (Fsp3) is 0.105. The van der Waals surface area contributed by atoms with Gasteiger partial charge in [-0.2, -0.15) is 13.2 Å². The Bertz CT molecular complexity index is 1090. The summed E-state index contributed by atoms with van der Waals surface area (Å²) in [5, 5.41) is 9.02. The lowest BCUT2D eigenvalue weighted by molar-refractivity contribution is -0.137. The minimum atomic E-state index is -4.41. The third-order valence-electron chi connectivity index (χ3n) is 4.22. The van der Waals surface area contributed by atoms with Gasteiger partial charge < -0.3 is 0 Å². The van der Waals surface area contributed by atoms with Crippen LogP contribution in [0.4, 0.5) is 13.2 Å². The average molecular weight is 354 g/mol. The maximum absolute atomic E-state index is 12.9. The molecule has 4 nitrogen and oxygen atoms in total. The number of fused-ring (bicyclic) bond motifs is 1. The van der Waals surface area contributed by atoms with E-state index in [0.29, 0.717) is 11.1 Å². The van der Waals surface area contributed by atoms with Crippen LogP contribution in [0.15, 0.2) is 60.8 Å². The number of alkyl halides is 3. The fourth-order valence-corrected chi connectivity index (χ4v) is 2.91. The largest absolute Gasteiger partial charge is 0.416 e. The molecule has 0 spiro atoms. The number of nitrogens with zero attached hydrogens (tertiary/aromatic N) is 4. The van der Waals surface area contributed by atoms with Crippen molar-refractivity contribution >= 4 is 10.9 Å². The van der Waals surface area contributed by atoms with Gasteiger partial charge in [0.15, 0.2) is 0 Å². The smallest absolute Gasteiger partial charge is 0.256 e. The summed E-state index contributed by atoms with van der Waals surface area (Å²) in [6.45, 7) is 1.87. The molecule has 0 aliphatic heterocycles. The van der Waals surface area contributed by atoms with Crippen LogP contribution in [-0.2, 0) is 6.18 Å². The number of pyridine rings is 1. The Kier molecular flexibility index (Phi) is 3.72. The van der Waals surface area contributed by atoms with Crippen LogP contribution in [0.2, 0.25) is 0 Å². The van der Waals surface area contributed by atoms with Crippen LogP contribution >= 0.6 is 0 Å². The molecule has 7 heteroatoms. The lowest BCUT2D eigenvalue weighted by atomic mass is 10.1. The van der Waals surface area contributed by atoms with E-state index in [1.165, 1.54) is 12.3 Å². The zero-order valence-electron chi connectivity index (χ0n) is 13.7. The molecule has 130 valence electrons. The Hall–Kier alpha value is -3.22. The Morgan fingerprint density at radius 3 is 2.46 bits per heavy atom. The fourth-order valence-electron chi connectivity index (χ4n) is 2.91. The molecule has 0 saturated heterocycles. The van der Waals surface area contributed by atoms with Crippen LogP contribution in [0.1, 0.15) is 11.3 Å². The minimum Gasteiger partial charge on any atom is -0.256 e. The first-order valence-corrected chi connectivity index (χ1v) is 7.89. The number of benzene rings is 2. The van der Waals surface area contributed by atoms with Crippen LogP contribution in [0.25, 0.3) is 27.8 Å². The number of aromatic nitrogens is 4. The van der Waals surface area contributed by atoms with Gasteiger partial charge in [0.05, 0.1) is 22.5 Å². The van der Waals surface area contributed by atoms with Crippen LogP contribution in [0.5, 0.6) is 0 Å². The van der Waals surface area contributed by atoms with Gasteiger partial charge in [-0.3, -0.25) is 4.98 Å². The molecule has 26 heavy (non-hydrogen) atoms. The van der Waals surface area contributed by atoms with Crippen LogP contribution in [0.3, 0.4) is 0 Å². The molecule has 0 atom stereocenters. The Labute approximate surface area is 146 Å². The number of hydrogen-bond donors (Lipinski definition) is 0. The van der Waals surface area contributed by atoms with Gasteiger partial charge in [-0.1, -0.05) is 41.6 Å².